The predicted molar refractivity (Wildman–Crippen MR) is 101 cm³/mol. The fourth-order valence-electron chi connectivity index (χ4n) is 3.16. The maximum absolute atomic E-state index is 12.8. The minimum absolute atomic E-state index is 0.0510. The Labute approximate surface area is 153 Å². The average Bonchev–Trinajstić information content (AvgIpc) is 3.36. The van der Waals surface area contributed by atoms with Crippen molar-refractivity contribution in [2.75, 3.05) is 18.4 Å². The Kier molecular flexibility index (Phi) is 4.39. The molecule has 1 saturated heterocycles. The van der Waals surface area contributed by atoms with Gasteiger partial charge in [-0.25, -0.2) is 15.0 Å². The number of carbonyl (C=O) groups is 1. The number of amides is 1. The Hall–Kier alpha value is -2.06. The highest BCUT2D eigenvalue weighted by atomic mass is 32.1. The van der Waals surface area contributed by atoms with Crippen molar-refractivity contribution >= 4 is 44.6 Å². The first-order valence-corrected chi connectivity index (χ1v) is 10.0. The number of nitrogens with zero attached hydrogens (tertiary/aromatic N) is 4. The SMILES string of the molecule is Cc1c(C(=O)N2CCCC2)sc2ncnc(NC(C)c3nccs3)c12. The molecule has 1 fully saturated rings. The molecule has 0 spiro atoms. The normalized spacial score (nSPS) is 15.7. The van der Waals surface area contributed by atoms with Gasteiger partial charge >= 0.3 is 0 Å². The van der Waals surface area contributed by atoms with Gasteiger partial charge in [-0.2, -0.15) is 0 Å². The predicted octanol–water partition coefficient (Wildman–Crippen LogP) is 3.87. The number of anilines is 1. The van der Waals surface area contributed by atoms with Crippen molar-refractivity contribution < 1.29 is 4.79 Å². The number of likely N-dealkylation sites (tertiary alicyclic amines) is 1. The quantitative estimate of drug-likeness (QED) is 0.752. The highest BCUT2D eigenvalue weighted by molar-refractivity contribution is 7.20. The summed E-state index contributed by atoms with van der Waals surface area (Å²) < 4.78 is 0. The summed E-state index contributed by atoms with van der Waals surface area (Å²) in [4.78, 5) is 29.6. The highest BCUT2D eigenvalue weighted by Crippen LogP contribution is 2.35. The second kappa shape index (κ2) is 6.68. The van der Waals surface area contributed by atoms with Crippen LogP contribution >= 0.6 is 22.7 Å². The fraction of sp³-hybridized carbons (Fsp3) is 0.412. The third kappa shape index (κ3) is 3.00. The molecule has 4 heterocycles. The number of thiazole rings is 1. The lowest BCUT2D eigenvalue weighted by Gasteiger charge is -2.15. The molecule has 1 aliphatic heterocycles. The molecule has 130 valence electrons. The molecule has 8 heteroatoms. The fourth-order valence-corrected chi connectivity index (χ4v) is 4.93. The lowest BCUT2D eigenvalue weighted by molar-refractivity contribution is 0.0797. The molecular formula is C17H19N5OS2. The summed E-state index contributed by atoms with van der Waals surface area (Å²) in [6, 6.07) is 0.0510. The van der Waals surface area contributed by atoms with Gasteiger partial charge in [-0.1, -0.05) is 0 Å². The van der Waals surface area contributed by atoms with Crippen LogP contribution in [-0.2, 0) is 0 Å². The van der Waals surface area contributed by atoms with Gasteiger partial charge in [-0.15, -0.1) is 22.7 Å². The molecule has 3 aromatic rings. The molecule has 25 heavy (non-hydrogen) atoms. The number of hydrogen-bond acceptors (Lipinski definition) is 7. The van der Waals surface area contributed by atoms with Crippen molar-refractivity contribution in [2.24, 2.45) is 0 Å². The van der Waals surface area contributed by atoms with Crippen LogP contribution in [0.3, 0.4) is 0 Å². The number of aromatic nitrogens is 3. The molecule has 3 aromatic heterocycles. The number of nitrogens with one attached hydrogen (secondary N) is 1. The van der Waals surface area contributed by atoms with E-state index in [1.165, 1.54) is 11.3 Å². The number of rotatable bonds is 4. The van der Waals surface area contributed by atoms with Crippen molar-refractivity contribution in [1.82, 2.24) is 19.9 Å². The van der Waals surface area contributed by atoms with Gasteiger partial charge in [0.05, 0.1) is 16.3 Å². The van der Waals surface area contributed by atoms with Gasteiger partial charge < -0.3 is 10.2 Å². The molecule has 1 aliphatic rings. The van der Waals surface area contributed by atoms with E-state index in [2.05, 4.69) is 27.2 Å². The van der Waals surface area contributed by atoms with Crippen molar-refractivity contribution in [3.05, 3.63) is 33.4 Å². The van der Waals surface area contributed by atoms with E-state index in [9.17, 15) is 4.79 Å². The molecule has 1 amide bonds. The molecule has 1 N–H and O–H groups in total. The third-order valence-electron chi connectivity index (χ3n) is 4.49. The van der Waals surface area contributed by atoms with Crippen molar-refractivity contribution in [3.8, 4) is 0 Å². The molecular weight excluding hydrogens is 354 g/mol. The lowest BCUT2D eigenvalue weighted by Crippen LogP contribution is -2.27. The van der Waals surface area contributed by atoms with Gasteiger partial charge in [0.1, 0.15) is 22.0 Å². The van der Waals surface area contributed by atoms with Crippen LogP contribution in [0.1, 0.15) is 46.0 Å². The van der Waals surface area contributed by atoms with Crippen LogP contribution in [-0.4, -0.2) is 38.8 Å². The second-order valence-corrected chi connectivity index (χ2v) is 8.12. The van der Waals surface area contributed by atoms with Gasteiger partial charge in [0, 0.05) is 24.7 Å². The minimum Gasteiger partial charge on any atom is -0.360 e. The zero-order valence-electron chi connectivity index (χ0n) is 14.2. The van der Waals surface area contributed by atoms with Gasteiger partial charge in [0.2, 0.25) is 0 Å². The number of fused-ring (bicyclic) bond motifs is 1. The zero-order chi connectivity index (χ0) is 17.4. The third-order valence-corrected chi connectivity index (χ3v) is 6.64. The maximum Gasteiger partial charge on any atom is 0.264 e. The van der Waals surface area contributed by atoms with Crippen molar-refractivity contribution in [1.29, 1.82) is 0 Å². The Morgan fingerprint density at radius 1 is 1.28 bits per heavy atom. The van der Waals surface area contributed by atoms with Gasteiger partial charge in [-0.3, -0.25) is 4.79 Å². The van der Waals surface area contributed by atoms with Crippen LogP contribution < -0.4 is 5.32 Å². The first-order chi connectivity index (χ1) is 12.1. The Morgan fingerprint density at radius 2 is 2.08 bits per heavy atom. The smallest absolute Gasteiger partial charge is 0.264 e. The highest BCUT2D eigenvalue weighted by Gasteiger charge is 2.25. The monoisotopic (exact) mass is 373 g/mol. The van der Waals surface area contributed by atoms with Crippen LogP contribution in [0.5, 0.6) is 0 Å². The molecule has 0 aromatic carbocycles. The standard InChI is InChI=1S/C17H19N5OS2/c1-10-12-14(21-11(2)15-18-5-8-24-15)19-9-20-16(12)25-13(10)17(23)22-6-3-4-7-22/h5,8-9,11H,3-4,6-7H2,1-2H3,(H,19,20,21). The van der Waals surface area contributed by atoms with Crippen molar-refractivity contribution in [2.45, 2.75) is 32.7 Å². The van der Waals surface area contributed by atoms with Gasteiger partial charge in [0.25, 0.3) is 5.91 Å². The summed E-state index contributed by atoms with van der Waals surface area (Å²) in [5, 5.41) is 7.34. The van der Waals surface area contributed by atoms with Crippen molar-refractivity contribution in [3.63, 3.8) is 0 Å². The van der Waals surface area contributed by atoms with Crippen LogP contribution in [0.25, 0.3) is 10.2 Å². The van der Waals surface area contributed by atoms with E-state index in [1.54, 1.807) is 23.9 Å². The van der Waals surface area contributed by atoms with Crippen LogP contribution in [0.2, 0.25) is 0 Å². The summed E-state index contributed by atoms with van der Waals surface area (Å²) in [6.45, 7) is 5.75. The first-order valence-electron chi connectivity index (χ1n) is 8.34. The molecule has 4 rings (SSSR count). The first kappa shape index (κ1) is 16.4. The molecule has 1 unspecified atom stereocenters. The number of hydrogen-bond donors (Lipinski definition) is 1. The summed E-state index contributed by atoms with van der Waals surface area (Å²) >= 11 is 3.07. The topological polar surface area (TPSA) is 71.0 Å². The van der Waals surface area contributed by atoms with E-state index in [4.69, 9.17) is 0 Å². The van der Waals surface area contributed by atoms with E-state index in [-0.39, 0.29) is 11.9 Å². The van der Waals surface area contributed by atoms with E-state index in [0.717, 1.165) is 57.4 Å². The molecule has 0 radical (unpaired) electrons. The Bertz CT molecular complexity index is 899. The largest absolute Gasteiger partial charge is 0.360 e. The van der Waals surface area contributed by atoms with E-state index in [1.807, 2.05) is 17.2 Å². The summed E-state index contributed by atoms with van der Waals surface area (Å²) in [5.74, 6) is 0.888. The zero-order valence-corrected chi connectivity index (χ0v) is 15.8. The summed E-state index contributed by atoms with van der Waals surface area (Å²) in [5.41, 5.74) is 0.964. The van der Waals surface area contributed by atoms with E-state index in [0.29, 0.717) is 0 Å². The second-order valence-electron chi connectivity index (χ2n) is 6.19. The average molecular weight is 374 g/mol. The molecule has 0 saturated carbocycles. The van der Waals surface area contributed by atoms with E-state index >= 15 is 0 Å². The number of carbonyl (C=O) groups excluding carboxylic acids is 1. The van der Waals surface area contributed by atoms with Crippen LogP contribution in [0.15, 0.2) is 17.9 Å². The summed E-state index contributed by atoms with van der Waals surface area (Å²) in [6.07, 6.45) is 5.54. The van der Waals surface area contributed by atoms with Crippen LogP contribution in [0.4, 0.5) is 5.82 Å². The number of aryl methyl sites for hydroxylation is 1. The van der Waals surface area contributed by atoms with E-state index < -0.39 is 0 Å². The maximum atomic E-state index is 12.8. The summed E-state index contributed by atoms with van der Waals surface area (Å²) in [7, 11) is 0. The Balaban J connectivity index is 1.70. The molecule has 1 atom stereocenters. The number of thiophene rings is 1. The van der Waals surface area contributed by atoms with Gasteiger partial charge in [0.15, 0.2) is 0 Å². The minimum atomic E-state index is 0.0510. The molecule has 0 bridgehead atoms. The lowest BCUT2D eigenvalue weighted by atomic mass is 10.2. The molecule has 0 aliphatic carbocycles. The van der Waals surface area contributed by atoms with Crippen LogP contribution in [0, 0.1) is 6.92 Å². The van der Waals surface area contributed by atoms with Gasteiger partial charge in [-0.05, 0) is 32.3 Å². The Morgan fingerprint density at radius 3 is 2.80 bits per heavy atom. The molecule has 6 nitrogen and oxygen atoms in total.